The Labute approximate surface area is 126 Å². The van der Waals surface area contributed by atoms with E-state index in [1.807, 2.05) is 24.3 Å². The minimum Gasteiger partial charge on any atom is -0.465 e. The van der Waals surface area contributed by atoms with Crippen molar-refractivity contribution in [2.24, 2.45) is 0 Å². The Morgan fingerprint density at radius 3 is 2.43 bits per heavy atom. The Bertz CT molecular complexity index is 612. The van der Waals surface area contributed by atoms with E-state index in [0.717, 1.165) is 18.7 Å². The van der Waals surface area contributed by atoms with E-state index in [1.54, 1.807) is 0 Å². The summed E-state index contributed by atoms with van der Waals surface area (Å²) >= 11 is 0. The van der Waals surface area contributed by atoms with Crippen LogP contribution in [0.25, 0.3) is 0 Å². The number of carbonyl (C=O) groups is 1. The highest BCUT2D eigenvalue weighted by atomic mass is 16.5. The second-order valence-corrected chi connectivity index (χ2v) is 5.50. The van der Waals surface area contributed by atoms with Crippen molar-refractivity contribution < 1.29 is 9.53 Å². The Hall–Kier alpha value is -2.03. The van der Waals surface area contributed by atoms with Crippen LogP contribution in [0.3, 0.4) is 0 Å². The minimum absolute atomic E-state index is 0.249. The molecule has 0 bridgehead atoms. The summed E-state index contributed by atoms with van der Waals surface area (Å²) in [6.07, 6.45) is 0.810. The van der Waals surface area contributed by atoms with Gasteiger partial charge in [0.25, 0.3) is 0 Å². The van der Waals surface area contributed by atoms with Gasteiger partial charge in [-0.1, -0.05) is 51.1 Å². The van der Waals surface area contributed by atoms with E-state index >= 15 is 0 Å². The zero-order chi connectivity index (χ0) is 15.4. The number of carbonyl (C=O) groups excluding carboxylic acids is 1. The molecule has 0 saturated carbocycles. The van der Waals surface area contributed by atoms with Gasteiger partial charge in [0.05, 0.1) is 12.7 Å². The van der Waals surface area contributed by atoms with Crippen LogP contribution in [0.15, 0.2) is 36.4 Å². The molecule has 0 aliphatic rings. The monoisotopic (exact) mass is 285 g/mol. The Morgan fingerprint density at radius 1 is 1.24 bits per heavy atom. The molecule has 0 amide bonds. The van der Waals surface area contributed by atoms with Crippen LogP contribution >= 0.6 is 0 Å². The predicted octanol–water partition coefficient (Wildman–Crippen LogP) is 4.01. The molecule has 0 unspecified atom stereocenters. The van der Waals surface area contributed by atoms with Gasteiger partial charge in [0, 0.05) is 17.9 Å². The highest BCUT2D eigenvalue weighted by Crippen LogP contribution is 2.25. The van der Waals surface area contributed by atoms with Crippen molar-refractivity contribution in [3.8, 4) is 0 Å². The number of hydrogen-bond donors (Lipinski definition) is 0. The quantitative estimate of drug-likeness (QED) is 0.777. The molecule has 1 aromatic carbocycles. The smallest absolute Gasteiger partial charge is 0.339 e. The van der Waals surface area contributed by atoms with Gasteiger partial charge < -0.3 is 9.30 Å². The molecule has 0 aliphatic heterocycles. The predicted molar refractivity (Wildman–Crippen MR) is 84.8 cm³/mol. The van der Waals surface area contributed by atoms with Gasteiger partial charge in [0.2, 0.25) is 0 Å². The molecule has 0 atom stereocenters. The fourth-order valence-electron chi connectivity index (χ4n) is 2.71. The summed E-state index contributed by atoms with van der Waals surface area (Å²) in [7, 11) is 1.44. The van der Waals surface area contributed by atoms with E-state index in [2.05, 4.69) is 37.5 Å². The summed E-state index contributed by atoms with van der Waals surface area (Å²) in [6, 6.07) is 12.3. The molecule has 3 nitrogen and oxygen atoms in total. The van der Waals surface area contributed by atoms with Crippen LogP contribution in [0.4, 0.5) is 0 Å². The van der Waals surface area contributed by atoms with Crippen LogP contribution in [-0.2, 0) is 17.7 Å². The van der Waals surface area contributed by atoms with Crippen molar-refractivity contribution in [2.75, 3.05) is 7.11 Å². The molecule has 21 heavy (non-hydrogen) atoms. The van der Waals surface area contributed by atoms with E-state index < -0.39 is 0 Å². The fourth-order valence-corrected chi connectivity index (χ4v) is 2.71. The van der Waals surface area contributed by atoms with Gasteiger partial charge in [0.1, 0.15) is 0 Å². The summed E-state index contributed by atoms with van der Waals surface area (Å²) in [5.41, 5.74) is 4.16. The zero-order valence-corrected chi connectivity index (χ0v) is 13.2. The normalized spacial score (nSPS) is 10.9. The third-order valence-corrected chi connectivity index (χ3v) is 3.76. The molecule has 1 aromatic heterocycles. The number of ether oxygens (including phenoxy) is 1. The third kappa shape index (κ3) is 3.18. The summed E-state index contributed by atoms with van der Waals surface area (Å²) < 4.78 is 7.18. The molecule has 2 rings (SSSR count). The lowest BCUT2D eigenvalue weighted by molar-refractivity contribution is 0.0599. The molecule has 1 heterocycles. The molecule has 0 saturated heterocycles. The number of nitrogens with zero attached hydrogens (tertiary/aromatic N) is 1. The fraction of sp³-hybridized carbons (Fsp3) is 0.389. The molecule has 0 radical (unpaired) electrons. The highest BCUT2D eigenvalue weighted by molar-refractivity contribution is 5.91. The Kier molecular flexibility index (Phi) is 4.84. The Balaban J connectivity index is 2.51. The van der Waals surface area contributed by atoms with Gasteiger partial charge >= 0.3 is 5.97 Å². The maximum atomic E-state index is 12.0. The largest absolute Gasteiger partial charge is 0.465 e. The lowest BCUT2D eigenvalue weighted by Gasteiger charge is -2.15. The molecule has 112 valence electrons. The van der Waals surface area contributed by atoms with Crippen molar-refractivity contribution in [1.29, 1.82) is 0 Å². The van der Waals surface area contributed by atoms with Crippen LogP contribution < -0.4 is 0 Å². The first kappa shape index (κ1) is 15.4. The van der Waals surface area contributed by atoms with Crippen LogP contribution in [0.5, 0.6) is 0 Å². The molecular weight excluding hydrogens is 262 g/mol. The van der Waals surface area contributed by atoms with Crippen LogP contribution in [0.2, 0.25) is 0 Å². The Morgan fingerprint density at radius 2 is 1.90 bits per heavy atom. The van der Waals surface area contributed by atoms with Crippen molar-refractivity contribution in [3.05, 3.63) is 58.9 Å². The first-order chi connectivity index (χ1) is 10.1. The first-order valence-electron chi connectivity index (χ1n) is 7.43. The molecule has 3 heteroatoms. The number of benzene rings is 1. The van der Waals surface area contributed by atoms with E-state index in [9.17, 15) is 4.79 Å². The molecule has 0 aliphatic carbocycles. The highest BCUT2D eigenvalue weighted by Gasteiger charge is 2.21. The zero-order valence-electron chi connectivity index (χ0n) is 13.2. The van der Waals surface area contributed by atoms with E-state index in [4.69, 9.17) is 4.74 Å². The standard InChI is InChI=1S/C18H23NO2/c1-5-16-15(18(20)21-4)11-17(13(2)3)19(16)12-14-9-7-6-8-10-14/h6-11,13H,5,12H2,1-4H3. The summed E-state index contributed by atoms with van der Waals surface area (Å²) in [5, 5.41) is 0. The van der Waals surface area contributed by atoms with Gasteiger partial charge in [0.15, 0.2) is 0 Å². The summed E-state index contributed by atoms with van der Waals surface area (Å²) in [5.74, 6) is 0.109. The second kappa shape index (κ2) is 6.61. The van der Waals surface area contributed by atoms with Gasteiger partial charge in [-0.25, -0.2) is 4.79 Å². The minimum atomic E-state index is -0.249. The average Bonchev–Trinajstić information content (AvgIpc) is 2.86. The van der Waals surface area contributed by atoms with Gasteiger partial charge in [-0.15, -0.1) is 0 Å². The third-order valence-electron chi connectivity index (χ3n) is 3.76. The lowest BCUT2D eigenvalue weighted by atomic mass is 10.1. The van der Waals surface area contributed by atoms with E-state index in [0.29, 0.717) is 11.5 Å². The topological polar surface area (TPSA) is 31.2 Å². The molecule has 0 fully saturated rings. The van der Waals surface area contributed by atoms with E-state index in [-0.39, 0.29) is 5.97 Å². The van der Waals surface area contributed by atoms with Gasteiger partial charge in [-0.2, -0.15) is 0 Å². The number of esters is 1. The SMILES string of the molecule is CCc1c(C(=O)OC)cc(C(C)C)n1Cc1ccccc1. The maximum absolute atomic E-state index is 12.0. The average molecular weight is 285 g/mol. The maximum Gasteiger partial charge on any atom is 0.339 e. The second-order valence-electron chi connectivity index (χ2n) is 5.50. The van der Waals surface area contributed by atoms with Crippen LogP contribution in [0.1, 0.15) is 54.0 Å². The number of aromatic nitrogens is 1. The van der Waals surface area contributed by atoms with E-state index in [1.165, 1.54) is 18.4 Å². The van der Waals surface area contributed by atoms with Crippen molar-refractivity contribution >= 4 is 5.97 Å². The molecule has 2 aromatic rings. The molecule has 0 spiro atoms. The molecular formula is C18H23NO2. The van der Waals surface area contributed by atoms with Crippen molar-refractivity contribution in [1.82, 2.24) is 4.57 Å². The van der Waals surface area contributed by atoms with Crippen molar-refractivity contribution in [3.63, 3.8) is 0 Å². The van der Waals surface area contributed by atoms with Crippen molar-refractivity contribution in [2.45, 2.75) is 39.7 Å². The van der Waals surface area contributed by atoms with Crippen LogP contribution in [0, 0.1) is 0 Å². The molecule has 0 N–H and O–H groups in total. The van der Waals surface area contributed by atoms with Gasteiger partial charge in [-0.3, -0.25) is 0 Å². The lowest BCUT2D eigenvalue weighted by Crippen LogP contribution is -2.11. The van der Waals surface area contributed by atoms with Crippen LogP contribution in [-0.4, -0.2) is 17.6 Å². The number of hydrogen-bond acceptors (Lipinski definition) is 2. The number of methoxy groups -OCH3 is 1. The summed E-state index contributed by atoms with van der Waals surface area (Å²) in [4.78, 5) is 12.0. The number of rotatable bonds is 5. The summed E-state index contributed by atoms with van der Waals surface area (Å²) in [6.45, 7) is 7.16. The first-order valence-corrected chi connectivity index (χ1v) is 7.43. The van der Waals surface area contributed by atoms with Gasteiger partial charge in [-0.05, 0) is 24.0 Å².